The molecule has 0 saturated carbocycles. The van der Waals surface area contributed by atoms with Gasteiger partial charge in [-0.15, -0.1) is 0 Å². The Hall–Kier alpha value is -10.3. The molecule has 2 fully saturated rings. The van der Waals surface area contributed by atoms with Gasteiger partial charge in [-0.2, -0.15) is 0 Å². The lowest BCUT2D eigenvalue weighted by atomic mass is 9.96. The van der Waals surface area contributed by atoms with Crippen LogP contribution in [-0.2, 0) is 59.1 Å². The fraction of sp³-hybridized carbons (Fsp3) is 0.419. The van der Waals surface area contributed by atoms with E-state index >= 15 is 0 Å². The third-order valence-corrected chi connectivity index (χ3v) is 17.8. The molecule has 0 bridgehead atoms. The van der Waals surface area contributed by atoms with Crippen molar-refractivity contribution < 1.29 is 58.3 Å². The van der Waals surface area contributed by atoms with Gasteiger partial charge in [0.1, 0.15) is 43.5 Å². The molecule has 108 heavy (non-hydrogen) atoms. The largest absolute Gasteiger partial charge is 0.480 e. The molecule has 8 aromatic rings. The number of carboxylic acid groups (broad SMARTS) is 2. The summed E-state index contributed by atoms with van der Waals surface area (Å²) in [6.45, 7) is 14.7. The molecular formula is C86H110N10O12. The standard InChI is InChI=1S/C43H53N5O5.C17H22N2O.C17H20N2.C9H15NO6/c1-43(2,3)53-42(51)48(32-39(49)46-26-28-47(29-27-46)41(36-18-6-4-7-19-36)37-20-8-5-9-21-37)33-40(50)52-38(22-10-14-34-16-12-24-44-30-34)23-11-15-35-17-13-25-45-31-35;20-17(9-1-5-15-7-3-11-18-13-15)10-2-6-16-8-4-12-19-14-16;1-3-7-15(8-4-1)17(16-9-5-2-6-10-16)19-13-11-18-12-14-19;1-9(2,3)16-8(15)10(4-6(11)12)5-7(13)14/h4-9,12-13,16-21,24-25,30-31,38,41H,10-11,14-15,22-23,26-29,32-33H2,1-3H3;3-4,7-8,11-14,17,20H,1-2,5-6,9-10H2;1-10,17-18H,11-14H2;4-5H2,1-3H3,(H,11,12)(H,13,14). The van der Waals surface area contributed by atoms with Crippen molar-refractivity contribution in [2.45, 2.75) is 154 Å². The van der Waals surface area contributed by atoms with Crippen molar-refractivity contribution in [3.8, 4) is 0 Å². The Kier molecular flexibility index (Phi) is 36.3. The monoisotopic (exact) mass is 1470 g/mol. The van der Waals surface area contributed by atoms with Crippen LogP contribution in [0.25, 0.3) is 0 Å². The summed E-state index contributed by atoms with van der Waals surface area (Å²) in [6.07, 6.45) is 22.7. The van der Waals surface area contributed by atoms with Crippen molar-refractivity contribution in [3.05, 3.63) is 264 Å². The number of esters is 1. The number of hydrogen-bond acceptors (Lipinski definition) is 17. The molecule has 10 rings (SSSR count). The number of ether oxygens (including phenoxy) is 3. The zero-order valence-corrected chi connectivity index (χ0v) is 63.6. The first-order chi connectivity index (χ1) is 52.0. The Labute approximate surface area is 637 Å². The Morgan fingerprint density at radius 1 is 0.426 bits per heavy atom. The van der Waals surface area contributed by atoms with Gasteiger partial charge in [-0.3, -0.25) is 58.7 Å². The number of nitrogens with one attached hydrogen (secondary N) is 1. The van der Waals surface area contributed by atoms with Crippen molar-refractivity contribution in [1.82, 2.24) is 49.8 Å². The number of aliphatic hydroxyl groups excluding tert-OH is 1. The molecule has 6 heterocycles. The Morgan fingerprint density at radius 2 is 0.750 bits per heavy atom. The summed E-state index contributed by atoms with van der Waals surface area (Å²) >= 11 is 0. The van der Waals surface area contributed by atoms with Gasteiger partial charge >= 0.3 is 30.1 Å². The molecule has 2 aliphatic heterocycles. The second-order valence-corrected chi connectivity index (χ2v) is 28.9. The molecule has 3 amide bonds. The lowest BCUT2D eigenvalue weighted by Crippen LogP contribution is -2.53. The minimum Gasteiger partial charge on any atom is -0.480 e. The summed E-state index contributed by atoms with van der Waals surface area (Å²) in [6, 6.07) is 58.9. The summed E-state index contributed by atoms with van der Waals surface area (Å²) in [4.78, 5) is 98.1. The molecule has 0 spiro atoms. The van der Waals surface area contributed by atoms with E-state index in [-0.39, 0.29) is 37.2 Å². The Morgan fingerprint density at radius 3 is 1.06 bits per heavy atom. The van der Waals surface area contributed by atoms with Gasteiger partial charge in [0, 0.05) is 102 Å². The van der Waals surface area contributed by atoms with Gasteiger partial charge in [0.05, 0.1) is 18.2 Å². The molecule has 576 valence electrons. The van der Waals surface area contributed by atoms with E-state index in [9.17, 15) is 33.9 Å². The topological polar surface area (TPSA) is 271 Å². The Bertz CT molecular complexity index is 3670. The predicted octanol–water partition coefficient (Wildman–Crippen LogP) is 13.2. The van der Waals surface area contributed by atoms with Crippen molar-refractivity contribution in [2.75, 3.05) is 78.5 Å². The van der Waals surface area contributed by atoms with E-state index in [1.807, 2.05) is 73.3 Å². The number of aryl methyl sites for hydroxylation is 4. The van der Waals surface area contributed by atoms with Gasteiger partial charge in [0.2, 0.25) is 5.91 Å². The second-order valence-electron chi connectivity index (χ2n) is 28.9. The van der Waals surface area contributed by atoms with Crippen LogP contribution in [0.4, 0.5) is 9.59 Å². The molecule has 0 aliphatic carbocycles. The van der Waals surface area contributed by atoms with Crippen LogP contribution in [0.15, 0.2) is 219 Å². The van der Waals surface area contributed by atoms with Gasteiger partial charge in [-0.05, 0) is 187 Å². The number of aliphatic carboxylic acids is 2. The quantitative estimate of drug-likeness (QED) is 0.0232. The lowest BCUT2D eigenvalue weighted by molar-refractivity contribution is -0.151. The molecule has 4 N–H and O–H groups in total. The maximum atomic E-state index is 13.7. The molecular weight excluding hydrogens is 1370 g/mol. The number of piperazine rings is 2. The number of nitrogens with zero attached hydrogens (tertiary/aromatic N) is 9. The first kappa shape index (κ1) is 85.0. The number of carboxylic acids is 2. The number of carbonyl (C=O) groups excluding carboxylic acids is 4. The van der Waals surface area contributed by atoms with E-state index in [0.29, 0.717) is 50.0 Å². The van der Waals surface area contributed by atoms with Crippen LogP contribution in [0.1, 0.15) is 150 Å². The molecule has 0 radical (unpaired) electrons. The highest BCUT2D eigenvalue weighted by Crippen LogP contribution is 2.31. The smallest absolute Gasteiger partial charge is 0.411 e. The lowest BCUT2D eigenvalue weighted by Gasteiger charge is -2.40. The van der Waals surface area contributed by atoms with Crippen LogP contribution < -0.4 is 5.32 Å². The van der Waals surface area contributed by atoms with Gasteiger partial charge in [0.15, 0.2) is 0 Å². The fourth-order valence-corrected chi connectivity index (χ4v) is 12.7. The highest BCUT2D eigenvalue weighted by atomic mass is 16.6. The van der Waals surface area contributed by atoms with Crippen molar-refractivity contribution in [3.63, 3.8) is 0 Å². The summed E-state index contributed by atoms with van der Waals surface area (Å²) in [5, 5.41) is 30.4. The van der Waals surface area contributed by atoms with E-state index in [2.05, 4.69) is 156 Å². The minimum absolute atomic E-state index is 0.0596. The number of aromatic nitrogens is 4. The summed E-state index contributed by atoms with van der Waals surface area (Å²) in [5.41, 5.74) is 8.29. The normalized spacial score (nSPS) is 13.2. The van der Waals surface area contributed by atoms with Gasteiger partial charge in [-0.1, -0.05) is 146 Å². The highest BCUT2D eigenvalue weighted by molar-refractivity contribution is 5.85. The molecule has 4 aromatic carbocycles. The van der Waals surface area contributed by atoms with E-state index in [4.69, 9.17) is 24.4 Å². The average molecular weight is 1480 g/mol. The number of carbonyl (C=O) groups is 6. The molecule has 2 saturated heterocycles. The maximum absolute atomic E-state index is 13.7. The fourth-order valence-electron chi connectivity index (χ4n) is 12.7. The third kappa shape index (κ3) is 32.8. The summed E-state index contributed by atoms with van der Waals surface area (Å²) in [5.74, 6) is -3.39. The number of hydrogen-bond donors (Lipinski definition) is 4. The molecule has 2 aliphatic rings. The van der Waals surface area contributed by atoms with Crippen LogP contribution in [0.3, 0.4) is 0 Å². The van der Waals surface area contributed by atoms with Gasteiger partial charge < -0.3 is 39.7 Å². The van der Waals surface area contributed by atoms with Crippen LogP contribution in [0, 0.1) is 0 Å². The van der Waals surface area contributed by atoms with Crippen molar-refractivity contribution in [2.24, 2.45) is 0 Å². The van der Waals surface area contributed by atoms with Crippen LogP contribution in [-0.4, -0.2) is 198 Å². The zero-order chi connectivity index (χ0) is 77.4. The molecule has 0 unspecified atom stereocenters. The SMILES string of the molecule is CC(C)(C)OC(=O)N(CC(=O)O)CC(=O)O.CC(C)(C)OC(=O)N(CC(=O)OC(CCCc1cccnc1)CCCc1cccnc1)CC(=O)N1CCN(C(c2ccccc2)c2ccccc2)CC1.OC(CCCc1cccnc1)CCCc1cccnc1.c1ccc(C(c2ccccc2)N2CCNCC2)cc1. The van der Waals surface area contributed by atoms with Crippen LogP contribution >= 0.6 is 0 Å². The van der Waals surface area contributed by atoms with E-state index in [0.717, 1.165) is 102 Å². The number of pyridine rings is 4. The highest BCUT2D eigenvalue weighted by Gasteiger charge is 2.33. The average Bonchev–Trinajstić information content (AvgIpc) is 0.817. The predicted molar refractivity (Wildman–Crippen MR) is 418 cm³/mol. The van der Waals surface area contributed by atoms with Crippen LogP contribution in [0.2, 0.25) is 0 Å². The minimum atomic E-state index is -1.30. The first-order valence-electron chi connectivity index (χ1n) is 37.5. The number of amides is 3. The van der Waals surface area contributed by atoms with E-state index in [1.54, 1.807) is 71.2 Å². The van der Waals surface area contributed by atoms with Crippen molar-refractivity contribution in [1.29, 1.82) is 0 Å². The number of benzene rings is 4. The van der Waals surface area contributed by atoms with Gasteiger partial charge in [-0.25, -0.2) is 9.59 Å². The molecule has 22 nitrogen and oxygen atoms in total. The summed E-state index contributed by atoms with van der Waals surface area (Å²) in [7, 11) is 0. The number of rotatable bonds is 31. The molecule has 4 aromatic heterocycles. The second kappa shape index (κ2) is 46.1. The van der Waals surface area contributed by atoms with E-state index in [1.165, 1.54) is 38.3 Å². The molecule has 22 heteroatoms. The maximum Gasteiger partial charge on any atom is 0.411 e. The Balaban J connectivity index is 0.000000239. The third-order valence-electron chi connectivity index (χ3n) is 17.8. The molecule has 0 atom stereocenters. The summed E-state index contributed by atoms with van der Waals surface area (Å²) < 4.78 is 16.6. The number of aliphatic hydroxyl groups is 1. The van der Waals surface area contributed by atoms with Gasteiger partial charge in [0.25, 0.3) is 0 Å². The van der Waals surface area contributed by atoms with Crippen molar-refractivity contribution >= 4 is 36.0 Å². The van der Waals surface area contributed by atoms with E-state index < -0.39 is 54.4 Å². The van der Waals surface area contributed by atoms with Crippen LogP contribution in [0.5, 0.6) is 0 Å². The first-order valence-corrected chi connectivity index (χ1v) is 37.5. The zero-order valence-electron chi connectivity index (χ0n) is 63.6.